The van der Waals surface area contributed by atoms with E-state index in [9.17, 15) is 9.59 Å². The average Bonchev–Trinajstić information content (AvgIpc) is 2.73. The van der Waals surface area contributed by atoms with Crippen molar-refractivity contribution in [3.8, 4) is 6.07 Å². The summed E-state index contributed by atoms with van der Waals surface area (Å²) in [4.78, 5) is 24.8. The number of hydrogen-bond acceptors (Lipinski definition) is 4. The molecule has 0 spiro atoms. The Hall–Kier alpha value is -3.82. The minimum absolute atomic E-state index is 0.0484. The third-order valence-corrected chi connectivity index (χ3v) is 4.33. The van der Waals surface area contributed by atoms with Gasteiger partial charge in [0.1, 0.15) is 6.07 Å². The Labute approximate surface area is 173 Å². The van der Waals surface area contributed by atoms with Crippen LogP contribution < -0.4 is 16.0 Å². The minimum atomic E-state index is -0.316. The summed E-state index contributed by atoms with van der Waals surface area (Å²) < 4.78 is 0. The summed E-state index contributed by atoms with van der Waals surface area (Å²) >= 11 is 5.97. The first-order chi connectivity index (χ1) is 14.1. The molecule has 6 nitrogen and oxygen atoms in total. The fraction of sp³-hybridized carbons (Fsp3) is 0.0455. The van der Waals surface area contributed by atoms with Crippen LogP contribution in [0.25, 0.3) is 0 Å². The number of nitrogens with one attached hydrogen (secondary N) is 3. The Morgan fingerprint density at radius 1 is 0.897 bits per heavy atom. The highest BCUT2D eigenvalue weighted by Gasteiger charge is 2.12. The number of rotatable bonds is 6. The van der Waals surface area contributed by atoms with Gasteiger partial charge in [-0.1, -0.05) is 41.9 Å². The summed E-state index contributed by atoms with van der Waals surface area (Å²) in [6.45, 7) is -0.0484. The van der Waals surface area contributed by atoms with Crippen molar-refractivity contribution >= 4 is 40.5 Å². The van der Waals surface area contributed by atoms with Crippen LogP contribution in [0.4, 0.5) is 17.1 Å². The lowest BCUT2D eigenvalue weighted by molar-refractivity contribution is -0.114. The van der Waals surface area contributed by atoms with Gasteiger partial charge in [-0.05, 0) is 42.5 Å². The number of para-hydroxylation sites is 2. The van der Waals surface area contributed by atoms with Gasteiger partial charge in [0, 0.05) is 17.1 Å². The molecule has 3 aromatic rings. The van der Waals surface area contributed by atoms with E-state index in [0.29, 0.717) is 28.2 Å². The average molecular weight is 405 g/mol. The van der Waals surface area contributed by atoms with Crippen LogP contribution in [0, 0.1) is 11.3 Å². The molecule has 0 atom stereocenters. The molecule has 0 saturated carbocycles. The molecule has 0 fully saturated rings. The van der Waals surface area contributed by atoms with Crippen molar-refractivity contribution in [3.05, 3.63) is 88.9 Å². The van der Waals surface area contributed by atoms with Gasteiger partial charge in [0.05, 0.1) is 22.7 Å². The van der Waals surface area contributed by atoms with Crippen molar-refractivity contribution < 1.29 is 9.59 Å². The predicted molar refractivity (Wildman–Crippen MR) is 114 cm³/mol. The number of halogens is 1. The highest BCUT2D eigenvalue weighted by atomic mass is 35.5. The van der Waals surface area contributed by atoms with Gasteiger partial charge >= 0.3 is 0 Å². The molecule has 0 aliphatic carbocycles. The molecule has 3 aromatic carbocycles. The molecule has 0 aliphatic heterocycles. The molecule has 0 aromatic heterocycles. The van der Waals surface area contributed by atoms with E-state index in [1.807, 2.05) is 24.3 Å². The third kappa shape index (κ3) is 5.34. The summed E-state index contributed by atoms with van der Waals surface area (Å²) in [5, 5.41) is 17.7. The van der Waals surface area contributed by atoms with Crippen LogP contribution in [-0.2, 0) is 4.79 Å². The zero-order valence-electron chi connectivity index (χ0n) is 15.3. The zero-order chi connectivity index (χ0) is 20.6. The monoisotopic (exact) mass is 404 g/mol. The molecule has 0 bridgehead atoms. The predicted octanol–water partition coefficient (Wildman–Crippen LogP) is 4.51. The Kier molecular flexibility index (Phi) is 6.46. The number of carbonyl (C=O) groups is 2. The second kappa shape index (κ2) is 9.40. The van der Waals surface area contributed by atoms with E-state index in [-0.39, 0.29) is 23.4 Å². The van der Waals surface area contributed by atoms with Gasteiger partial charge in [-0.25, -0.2) is 0 Å². The number of nitrogens with zero attached hydrogens (tertiary/aromatic N) is 1. The molecular formula is C22H17ClN4O2. The van der Waals surface area contributed by atoms with Gasteiger partial charge in [0.2, 0.25) is 5.91 Å². The highest BCUT2D eigenvalue weighted by molar-refractivity contribution is 6.32. The van der Waals surface area contributed by atoms with E-state index in [4.69, 9.17) is 16.9 Å². The number of anilines is 3. The lowest BCUT2D eigenvalue weighted by Gasteiger charge is -2.12. The van der Waals surface area contributed by atoms with E-state index in [2.05, 4.69) is 16.0 Å². The molecule has 3 N–H and O–H groups in total. The van der Waals surface area contributed by atoms with Crippen LogP contribution in [0.3, 0.4) is 0 Å². The minimum Gasteiger partial charge on any atom is -0.376 e. The summed E-state index contributed by atoms with van der Waals surface area (Å²) in [6.07, 6.45) is 0. The van der Waals surface area contributed by atoms with E-state index in [0.717, 1.165) is 0 Å². The van der Waals surface area contributed by atoms with Crippen LogP contribution in [0.1, 0.15) is 15.9 Å². The Balaban J connectivity index is 1.63. The van der Waals surface area contributed by atoms with Gasteiger partial charge < -0.3 is 16.0 Å². The summed E-state index contributed by atoms with van der Waals surface area (Å²) in [7, 11) is 0. The van der Waals surface area contributed by atoms with Crippen molar-refractivity contribution in [2.75, 3.05) is 22.5 Å². The van der Waals surface area contributed by atoms with Gasteiger partial charge in [0.15, 0.2) is 0 Å². The standard InChI is InChI=1S/C22H17ClN4O2/c23-19-12-17(11-10-15(19)13-24)26-21(28)14-25-20-9-5-4-8-18(20)22(29)27-16-6-2-1-3-7-16/h1-12,25H,14H2,(H,26,28)(H,27,29). The Morgan fingerprint density at radius 3 is 2.34 bits per heavy atom. The van der Waals surface area contributed by atoms with Crippen LogP contribution in [-0.4, -0.2) is 18.4 Å². The topological polar surface area (TPSA) is 94.0 Å². The summed E-state index contributed by atoms with van der Waals surface area (Å²) in [6, 6.07) is 22.7. The normalized spacial score (nSPS) is 9.93. The fourth-order valence-corrected chi connectivity index (χ4v) is 2.84. The largest absolute Gasteiger partial charge is 0.376 e. The van der Waals surface area contributed by atoms with Crippen molar-refractivity contribution in [3.63, 3.8) is 0 Å². The molecule has 144 valence electrons. The van der Waals surface area contributed by atoms with Gasteiger partial charge in [-0.3, -0.25) is 9.59 Å². The maximum absolute atomic E-state index is 12.6. The molecule has 0 unspecified atom stereocenters. The Bertz CT molecular complexity index is 1080. The fourth-order valence-electron chi connectivity index (χ4n) is 2.62. The van der Waals surface area contributed by atoms with Gasteiger partial charge in [-0.2, -0.15) is 5.26 Å². The van der Waals surface area contributed by atoms with E-state index in [1.54, 1.807) is 42.5 Å². The summed E-state index contributed by atoms with van der Waals surface area (Å²) in [5.74, 6) is -0.595. The smallest absolute Gasteiger partial charge is 0.257 e. The molecule has 0 saturated heterocycles. The van der Waals surface area contributed by atoms with E-state index < -0.39 is 0 Å². The van der Waals surface area contributed by atoms with Gasteiger partial charge in [0.25, 0.3) is 5.91 Å². The molecule has 29 heavy (non-hydrogen) atoms. The van der Waals surface area contributed by atoms with E-state index in [1.165, 1.54) is 12.1 Å². The molecule has 7 heteroatoms. The molecule has 0 aliphatic rings. The van der Waals surface area contributed by atoms with Crippen molar-refractivity contribution in [2.45, 2.75) is 0 Å². The first kappa shape index (κ1) is 19.9. The molecular weight excluding hydrogens is 388 g/mol. The second-order valence-electron chi connectivity index (χ2n) is 6.07. The maximum atomic E-state index is 12.6. The lowest BCUT2D eigenvalue weighted by Crippen LogP contribution is -2.23. The van der Waals surface area contributed by atoms with Gasteiger partial charge in [-0.15, -0.1) is 0 Å². The van der Waals surface area contributed by atoms with Crippen LogP contribution >= 0.6 is 11.6 Å². The van der Waals surface area contributed by atoms with Crippen molar-refractivity contribution in [1.29, 1.82) is 5.26 Å². The molecule has 3 rings (SSSR count). The van der Waals surface area contributed by atoms with Crippen molar-refractivity contribution in [1.82, 2.24) is 0 Å². The first-order valence-corrected chi connectivity index (χ1v) is 9.13. The number of hydrogen-bond donors (Lipinski definition) is 3. The van der Waals surface area contributed by atoms with Crippen molar-refractivity contribution in [2.24, 2.45) is 0 Å². The number of nitriles is 1. The highest BCUT2D eigenvalue weighted by Crippen LogP contribution is 2.20. The maximum Gasteiger partial charge on any atom is 0.257 e. The number of carbonyl (C=O) groups excluding carboxylic acids is 2. The van der Waals surface area contributed by atoms with Crippen LogP contribution in [0.2, 0.25) is 5.02 Å². The molecule has 0 radical (unpaired) electrons. The van der Waals surface area contributed by atoms with Crippen LogP contribution in [0.15, 0.2) is 72.8 Å². The second-order valence-corrected chi connectivity index (χ2v) is 6.48. The molecule has 0 heterocycles. The Morgan fingerprint density at radius 2 is 1.62 bits per heavy atom. The van der Waals surface area contributed by atoms with E-state index >= 15 is 0 Å². The zero-order valence-corrected chi connectivity index (χ0v) is 16.0. The SMILES string of the molecule is N#Cc1ccc(NC(=O)CNc2ccccc2C(=O)Nc2ccccc2)cc1Cl. The lowest BCUT2D eigenvalue weighted by atomic mass is 10.1. The summed E-state index contributed by atoms with van der Waals surface area (Å²) in [5.41, 5.74) is 2.46. The number of benzene rings is 3. The molecule has 2 amide bonds. The quantitative estimate of drug-likeness (QED) is 0.563. The first-order valence-electron chi connectivity index (χ1n) is 8.75. The van der Waals surface area contributed by atoms with Crippen LogP contribution in [0.5, 0.6) is 0 Å². The number of amides is 2. The third-order valence-electron chi connectivity index (χ3n) is 4.02.